The summed E-state index contributed by atoms with van der Waals surface area (Å²) in [5, 5.41) is 0. The lowest BCUT2D eigenvalue weighted by molar-refractivity contribution is 1.74. The minimum Gasteiger partial charge on any atom is -0.0930 e. The highest BCUT2D eigenvalue weighted by molar-refractivity contribution is 6.25. The SMILES string of the molecule is C/C=C/C=C\Cl. The highest BCUT2D eigenvalue weighted by Gasteiger charge is 1.50. The number of hydrogen-bond donors (Lipinski definition) is 0. The quantitative estimate of drug-likeness (QED) is 0.446. The van der Waals surface area contributed by atoms with E-state index in [1.807, 2.05) is 19.1 Å². The zero-order valence-corrected chi connectivity index (χ0v) is 4.44. The van der Waals surface area contributed by atoms with Crippen molar-refractivity contribution in [1.29, 1.82) is 0 Å². The molecule has 0 atom stereocenters. The fourth-order valence-corrected chi connectivity index (χ4v) is 0.237. The lowest BCUT2D eigenvalue weighted by atomic mass is 10.5. The third-order valence-electron chi connectivity index (χ3n) is 0.376. The molecule has 0 aromatic carbocycles. The van der Waals surface area contributed by atoms with Crippen LogP contribution in [0.5, 0.6) is 0 Å². The molecule has 0 unspecified atom stereocenters. The lowest BCUT2D eigenvalue weighted by Gasteiger charge is -1.61. The minimum absolute atomic E-state index is 1.47. The first-order valence-electron chi connectivity index (χ1n) is 1.80. The van der Waals surface area contributed by atoms with Crippen LogP contribution < -0.4 is 0 Å². The molecule has 6 heavy (non-hydrogen) atoms. The van der Waals surface area contributed by atoms with Crippen LogP contribution in [0.1, 0.15) is 6.92 Å². The van der Waals surface area contributed by atoms with E-state index in [9.17, 15) is 0 Å². The third-order valence-corrected chi connectivity index (χ3v) is 0.522. The Kier molecular flexibility index (Phi) is 4.59. The second-order valence-electron chi connectivity index (χ2n) is 0.844. The maximum atomic E-state index is 5.15. The zero-order valence-electron chi connectivity index (χ0n) is 3.69. The molecule has 0 bridgehead atoms. The van der Waals surface area contributed by atoms with Crippen molar-refractivity contribution in [3.05, 3.63) is 23.8 Å². The summed E-state index contributed by atoms with van der Waals surface area (Å²) in [6.07, 6.45) is 5.55. The van der Waals surface area contributed by atoms with Gasteiger partial charge in [0, 0.05) is 5.54 Å². The molecule has 0 aromatic rings. The van der Waals surface area contributed by atoms with Crippen molar-refractivity contribution in [3.63, 3.8) is 0 Å². The molecule has 0 aliphatic rings. The Morgan fingerprint density at radius 3 is 2.17 bits per heavy atom. The highest BCUT2D eigenvalue weighted by Crippen LogP contribution is 1.77. The molecule has 1 heteroatoms. The Bertz CT molecular complexity index is 52.3. The first-order valence-corrected chi connectivity index (χ1v) is 2.23. The van der Waals surface area contributed by atoms with Gasteiger partial charge >= 0.3 is 0 Å². The van der Waals surface area contributed by atoms with Crippen molar-refractivity contribution in [3.8, 4) is 0 Å². The van der Waals surface area contributed by atoms with Gasteiger partial charge in [-0.3, -0.25) is 0 Å². The average molecular weight is 103 g/mol. The standard InChI is InChI=1S/C5H7Cl/c1-2-3-4-5-6/h2-5H,1H3/b3-2+,5-4-. The Balaban J connectivity index is 3.07. The van der Waals surface area contributed by atoms with Gasteiger partial charge in [-0.15, -0.1) is 0 Å². The molecule has 34 valence electrons. The topological polar surface area (TPSA) is 0 Å². The van der Waals surface area contributed by atoms with Crippen LogP contribution in [0.3, 0.4) is 0 Å². The molecule has 0 aliphatic heterocycles. The molecule has 0 N–H and O–H groups in total. The normalized spacial score (nSPS) is 11.7. The van der Waals surface area contributed by atoms with Gasteiger partial charge in [0.15, 0.2) is 0 Å². The van der Waals surface area contributed by atoms with Crippen LogP contribution in [0.15, 0.2) is 23.8 Å². The van der Waals surface area contributed by atoms with Crippen molar-refractivity contribution in [2.45, 2.75) is 6.92 Å². The Labute approximate surface area is 43.1 Å². The molecule has 0 amide bonds. The van der Waals surface area contributed by atoms with E-state index in [1.165, 1.54) is 5.54 Å². The number of hydrogen-bond acceptors (Lipinski definition) is 0. The largest absolute Gasteiger partial charge is 0.0930 e. The van der Waals surface area contributed by atoms with Crippen LogP contribution in [-0.4, -0.2) is 0 Å². The zero-order chi connectivity index (χ0) is 4.83. The summed E-state index contributed by atoms with van der Waals surface area (Å²) >= 11 is 5.15. The molecule has 0 saturated carbocycles. The van der Waals surface area contributed by atoms with Gasteiger partial charge in [-0.2, -0.15) is 0 Å². The predicted octanol–water partition coefficient (Wildman–Crippen LogP) is 2.32. The fraction of sp³-hybridized carbons (Fsp3) is 0.200. The first kappa shape index (κ1) is 5.77. The van der Waals surface area contributed by atoms with E-state index >= 15 is 0 Å². The summed E-state index contributed by atoms with van der Waals surface area (Å²) in [6.45, 7) is 1.94. The monoisotopic (exact) mass is 102 g/mol. The smallest absolute Gasteiger partial charge is 0.00423 e. The van der Waals surface area contributed by atoms with Gasteiger partial charge in [-0.25, -0.2) is 0 Å². The van der Waals surface area contributed by atoms with Crippen molar-refractivity contribution in [1.82, 2.24) is 0 Å². The van der Waals surface area contributed by atoms with Crippen LogP contribution in [0.2, 0.25) is 0 Å². The second kappa shape index (κ2) is 4.77. The second-order valence-corrected chi connectivity index (χ2v) is 1.10. The van der Waals surface area contributed by atoms with Crippen molar-refractivity contribution >= 4 is 11.6 Å². The highest BCUT2D eigenvalue weighted by atomic mass is 35.5. The van der Waals surface area contributed by atoms with Crippen molar-refractivity contribution < 1.29 is 0 Å². The van der Waals surface area contributed by atoms with Gasteiger partial charge in [0.1, 0.15) is 0 Å². The maximum Gasteiger partial charge on any atom is 0.00423 e. The maximum absolute atomic E-state index is 5.15. The summed E-state index contributed by atoms with van der Waals surface area (Å²) in [7, 11) is 0. The van der Waals surface area contributed by atoms with E-state index in [1.54, 1.807) is 6.08 Å². The fourth-order valence-electron chi connectivity index (χ4n) is 0.153. The molecule has 0 radical (unpaired) electrons. The number of rotatable bonds is 1. The summed E-state index contributed by atoms with van der Waals surface area (Å²) in [5.74, 6) is 0. The van der Waals surface area contributed by atoms with Gasteiger partial charge in [0.25, 0.3) is 0 Å². The molecular formula is C5H7Cl. The van der Waals surface area contributed by atoms with E-state index in [-0.39, 0.29) is 0 Å². The lowest BCUT2D eigenvalue weighted by Crippen LogP contribution is -1.37. The molecule has 0 spiro atoms. The minimum atomic E-state index is 1.47. The number of halogens is 1. The predicted molar refractivity (Wildman–Crippen MR) is 29.8 cm³/mol. The van der Waals surface area contributed by atoms with Gasteiger partial charge in [-0.1, -0.05) is 29.8 Å². The third kappa shape index (κ3) is 3.77. The summed E-state index contributed by atoms with van der Waals surface area (Å²) in [6, 6.07) is 0. The van der Waals surface area contributed by atoms with E-state index in [2.05, 4.69) is 0 Å². The number of allylic oxidation sites excluding steroid dienone is 3. The first-order chi connectivity index (χ1) is 2.91. The van der Waals surface area contributed by atoms with E-state index in [4.69, 9.17) is 11.6 Å². The van der Waals surface area contributed by atoms with Crippen LogP contribution in [0, 0.1) is 0 Å². The molecular weight excluding hydrogens is 95.5 g/mol. The Morgan fingerprint density at radius 2 is 2.00 bits per heavy atom. The van der Waals surface area contributed by atoms with E-state index < -0.39 is 0 Å². The van der Waals surface area contributed by atoms with Gasteiger partial charge in [-0.05, 0) is 6.92 Å². The molecule has 0 aliphatic carbocycles. The van der Waals surface area contributed by atoms with Gasteiger partial charge < -0.3 is 0 Å². The van der Waals surface area contributed by atoms with Crippen LogP contribution in [-0.2, 0) is 0 Å². The summed E-state index contributed by atoms with van der Waals surface area (Å²) in [5.41, 5.74) is 1.47. The average Bonchev–Trinajstić information content (AvgIpc) is 1.61. The molecule has 0 nitrogen and oxygen atoms in total. The van der Waals surface area contributed by atoms with E-state index in [0.29, 0.717) is 0 Å². The summed E-state index contributed by atoms with van der Waals surface area (Å²) in [4.78, 5) is 0. The molecule has 0 aromatic heterocycles. The van der Waals surface area contributed by atoms with Gasteiger partial charge in [0.05, 0.1) is 0 Å². The molecule has 0 rings (SSSR count). The molecule has 0 saturated heterocycles. The van der Waals surface area contributed by atoms with Crippen LogP contribution >= 0.6 is 11.6 Å². The van der Waals surface area contributed by atoms with Gasteiger partial charge in [0.2, 0.25) is 0 Å². The van der Waals surface area contributed by atoms with Crippen molar-refractivity contribution in [2.75, 3.05) is 0 Å². The Morgan fingerprint density at radius 1 is 1.33 bits per heavy atom. The van der Waals surface area contributed by atoms with Crippen LogP contribution in [0.25, 0.3) is 0 Å². The van der Waals surface area contributed by atoms with Crippen molar-refractivity contribution in [2.24, 2.45) is 0 Å². The molecule has 0 fully saturated rings. The van der Waals surface area contributed by atoms with Crippen LogP contribution in [0.4, 0.5) is 0 Å². The summed E-state index contributed by atoms with van der Waals surface area (Å²) < 4.78 is 0. The molecule has 0 heterocycles. The Hall–Kier alpha value is -0.230. The van der Waals surface area contributed by atoms with E-state index in [0.717, 1.165) is 0 Å².